The SMILES string of the molecule is Cc1ccc(C(=O)CCC(=O)NCC(C)C(=O)O)cc1. The molecule has 0 aromatic heterocycles. The molecule has 1 amide bonds. The Morgan fingerprint density at radius 1 is 1.15 bits per heavy atom. The minimum atomic E-state index is -0.957. The van der Waals surface area contributed by atoms with Crippen LogP contribution < -0.4 is 5.32 Å². The number of aryl methyl sites for hydroxylation is 1. The Hall–Kier alpha value is -2.17. The molecule has 1 unspecified atom stereocenters. The number of hydrogen-bond donors (Lipinski definition) is 2. The Bertz CT molecular complexity index is 493. The van der Waals surface area contributed by atoms with Gasteiger partial charge in [-0.05, 0) is 6.92 Å². The largest absolute Gasteiger partial charge is 0.481 e. The second-order valence-corrected chi connectivity index (χ2v) is 4.83. The summed E-state index contributed by atoms with van der Waals surface area (Å²) >= 11 is 0. The van der Waals surface area contributed by atoms with E-state index in [0.717, 1.165) is 5.56 Å². The molecule has 0 aliphatic heterocycles. The molecule has 20 heavy (non-hydrogen) atoms. The molecule has 0 radical (unpaired) electrons. The minimum Gasteiger partial charge on any atom is -0.481 e. The van der Waals surface area contributed by atoms with Crippen molar-refractivity contribution in [3.8, 4) is 0 Å². The number of carbonyl (C=O) groups is 3. The number of ketones is 1. The number of carboxylic acids is 1. The molecule has 0 bridgehead atoms. The van der Waals surface area contributed by atoms with Crippen LogP contribution in [0.25, 0.3) is 0 Å². The highest BCUT2D eigenvalue weighted by Crippen LogP contribution is 2.07. The maximum absolute atomic E-state index is 11.8. The average Bonchev–Trinajstić information content (AvgIpc) is 2.42. The van der Waals surface area contributed by atoms with Gasteiger partial charge in [0.2, 0.25) is 5.91 Å². The highest BCUT2D eigenvalue weighted by atomic mass is 16.4. The summed E-state index contributed by atoms with van der Waals surface area (Å²) in [6.07, 6.45) is 0.190. The predicted octanol–water partition coefficient (Wildman–Crippen LogP) is 1.79. The first kappa shape index (κ1) is 15.9. The fourth-order valence-electron chi connectivity index (χ4n) is 1.55. The van der Waals surface area contributed by atoms with E-state index in [0.29, 0.717) is 5.56 Å². The van der Waals surface area contributed by atoms with E-state index in [-0.39, 0.29) is 31.1 Å². The molecule has 1 rings (SSSR count). The van der Waals surface area contributed by atoms with Crippen molar-refractivity contribution in [1.82, 2.24) is 5.32 Å². The molecular formula is C15H19NO4. The highest BCUT2D eigenvalue weighted by molar-refractivity contribution is 5.98. The van der Waals surface area contributed by atoms with E-state index in [1.165, 1.54) is 6.92 Å². The van der Waals surface area contributed by atoms with Crippen LogP contribution in [0.5, 0.6) is 0 Å². The van der Waals surface area contributed by atoms with E-state index >= 15 is 0 Å². The molecule has 0 saturated carbocycles. The lowest BCUT2D eigenvalue weighted by molar-refractivity contribution is -0.141. The van der Waals surface area contributed by atoms with Gasteiger partial charge >= 0.3 is 5.97 Å². The van der Waals surface area contributed by atoms with Gasteiger partial charge < -0.3 is 10.4 Å². The van der Waals surface area contributed by atoms with Crippen molar-refractivity contribution in [1.29, 1.82) is 0 Å². The first-order valence-electron chi connectivity index (χ1n) is 6.49. The number of carboxylic acid groups (broad SMARTS) is 1. The third-order valence-corrected chi connectivity index (χ3v) is 2.98. The lowest BCUT2D eigenvalue weighted by Crippen LogP contribution is -2.31. The van der Waals surface area contributed by atoms with Gasteiger partial charge in [0.25, 0.3) is 0 Å². The summed E-state index contributed by atoms with van der Waals surface area (Å²) in [5, 5.41) is 11.2. The Kier molecular flexibility index (Phi) is 5.90. The normalized spacial score (nSPS) is 11.7. The predicted molar refractivity (Wildman–Crippen MR) is 74.6 cm³/mol. The Morgan fingerprint density at radius 3 is 2.30 bits per heavy atom. The Labute approximate surface area is 118 Å². The first-order chi connectivity index (χ1) is 9.40. The summed E-state index contributed by atoms with van der Waals surface area (Å²) in [6, 6.07) is 7.17. The maximum atomic E-state index is 11.8. The standard InChI is InChI=1S/C15H19NO4/c1-10-3-5-12(6-4-10)13(17)7-8-14(18)16-9-11(2)15(19)20/h3-6,11H,7-9H2,1-2H3,(H,16,18)(H,19,20). The molecule has 108 valence electrons. The van der Waals surface area contributed by atoms with Gasteiger partial charge in [-0.2, -0.15) is 0 Å². The summed E-state index contributed by atoms with van der Waals surface area (Å²) in [5.41, 5.74) is 1.66. The summed E-state index contributed by atoms with van der Waals surface area (Å²) in [6.45, 7) is 3.53. The molecule has 1 aromatic rings. The van der Waals surface area contributed by atoms with Crippen LogP contribution in [0.4, 0.5) is 0 Å². The zero-order chi connectivity index (χ0) is 15.1. The van der Waals surface area contributed by atoms with Gasteiger partial charge in [0.1, 0.15) is 0 Å². The number of hydrogen-bond acceptors (Lipinski definition) is 3. The third-order valence-electron chi connectivity index (χ3n) is 2.98. The van der Waals surface area contributed by atoms with Crippen molar-refractivity contribution in [2.45, 2.75) is 26.7 Å². The van der Waals surface area contributed by atoms with Crippen molar-refractivity contribution in [2.75, 3.05) is 6.54 Å². The zero-order valence-corrected chi connectivity index (χ0v) is 11.7. The lowest BCUT2D eigenvalue weighted by atomic mass is 10.0. The van der Waals surface area contributed by atoms with Crippen LogP contribution in [0.2, 0.25) is 0 Å². The van der Waals surface area contributed by atoms with Crippen LogP contribution in [0.3, 0.4) is 0 Å². The highest BCUT2D eigenvalue weighted by Gasteiger charge is 2.13. The summed E-state index contributed by atoms with van der Waals surface area (Å²) in [5.74, 6) is -1.99. The van der Waals surface area contributed by atoms with Gasteiger partial charge in [0.15, 0.2) is 5.78 Å². The molecule has 5 heteroatoms. The van der Waals surface area contributed by atoms with Gasteiger partial charge in [-0.15, -0.1) is 0 Å². The summed E-state index contributed by atoms with van der Waals surface area (Å²) in [4.78, 5) is 33.9. The molecule has 0 aliphatic carbocycles. The number of benzene rings is 1. The molecule has 0 heterocycles. The maximum Gasteiger partial charge on any atom is 0.308 e. The quantitative estimate of drug-likeness (QED) is 0.744. The van der Waals surface area contributed by atoms with E-state index in [4.69, 9.17) is 5.11 Å². The van der Waals surface area contributed by atoms with E-state index in [2.05, 4.69) is 5.32 Å². The van der Waals surface area contributed by atoms with Crippen molar-refractivity contribution in [2.24, 2.45) is 5.92 Å². The van der Waals surface area contributed by atoms with E-state index in [9.17, 15) is 14.4 Å². The molecule has 0 spiro atoms. The van der Waals surface area contributed by atoms with Crippen molar-refractivity contribution >= 4 is 17.7 Å². The van der Waals surface area contributed by atoms with Crippen LogP contribution in [-0.2, 0) is 9.59 Å². The molecule has 1 atom stereocenters. The number of aliphatic carboxylic acids is 1. The number of Topliss-reactive ketones (excluding diaryl/α,β-unsaturated/α-hetero) is 1. The fourth-order valence-corrected chi connectivity index (χ4v) is 1.55. The van der Waals surface area contributed by atoms with Crippen molar-refractivity contribution in [3.63, 3.8) is 0 Å². The molecule has 0 fully saturated rings. The van der Waals surface area contributed by atoms with Crippen molar-refractivity contribution < 1.29 is 19.5 Å². The van der Waals surface area contributed by atoms with Gasteiger partial charge in [-0.25, -0.2) is 0 Å². The molecule has 5 nitrogen and oxygen atoms in total. The van der Waals surface area contributed by atoms with E-state index in [1.807, 2.05) is 19.1 Å². The van der Waals surface area contributed by atoms with E-state index in [1.54, 1.807) is 12.1 Å². The zero-order valence-electron chi connectivity index (χ0n) is 11.7. The van der Waals surface area contributed by atoms with Crippen LogP contribution >= 0.6 is 0 Å². The number of carbonyl (C=O) groups excluding carboxylic acids is 2. The second-order valence-electron chi connectivity index (χ2n) is 4.83. The molecular weight excluding hydrogens is 258 g/mol. The van der Waals surface area contributed by atoms with Crippen LogP contribution in [0.1, 0.15) is 35.7 Å². The molecule has 2 N–H and O–H groups in total. The second kappa shape index (κ2) is 7.43. The molecule has 0 saturated heterocycles. The van der Waals surface area contributed by atoms with Gasteiger partial charge in [-0.1, -0.05) is 36.8 Å². The minimum absolute atomic E-state index is 0.0685. The van der Waals surface area contributed by atoms with Crippen molar-refractivity contribution in [3.05, 3.63) is 35.4 Å². The smallest absolute Gasteiger partial charge is 0.308 e. The summed E-state index contributed by atoms with van der Waals surface area (Å²) < 4.78 is 0. The van der Waals surface area contributed by atoms with Gasteiger partial charge in [-0.3, -0.25) is 14.4 Å². The van der Waals surface area contributed by atoms with Crippen LogP contribution in [-0.4, -0.2) is 29.3 Å². The first-order valence-corrected chi connectivity index (χ1v) is 6.49. The average molecular weight is 277 g/mol. The van der Waals surface area contributed by atoms with Gasteiger partial charge in [0, 0.05) is 24.9 Å². The van der Waals surface area contributed by atoms with Crippen LogP contribution in [0.15, 0.2) is 24.3 Å². The fraction of sp³-hybridized carbons (Fsp3) is 0.400. The number of nitrogens with one attached hydrogen (secondary N) is 1. The Balaban J connectivity index is 2.35. The topological polar surface area (TPSA) is 83.5 Å². The third kappa shape index (κ3) is 5.22. The lowest BCUT2D eigenvalue weighted by Gasteiger charge is -2.08. The molecule has 1 aromatic carbocycles. The number of rotatable bonds is 7. The van der Waals surface area contributed by atoms with Crippen LogP contribution in [0, 0.1) is 12.8 Å². The number of amides is 1. The van der Waals surface area contributed by atoms with E-state index < -0.39 is 11.9 Å². The Morgan fingerprint density at radius 2 is 1.75 bits per heavy atom. The summed E-state index contributed by atoms with van der Waals surface area (Å²) in [7, 11) is 0. The monoisotopic (exact) mass is 277 g/mol. The molecule has 0 aliphatic rings. The van der Waals surface area contributed by atoms with Gasteiger partial charge in [0.05, 0.1) is 5.92 Å².